The SMILES string of the molecule is CC(=NC1CCCCC1)C1=NC(C(C)=NC2CCCCC2)CCC1. The average molecular weight is 330 g/mol. The van der Waals surface area contributed by atoms with E-state index in [1.165, 1.54) is 94.2 Å². The summed E-state index contributed by atoms with van der Waals surface area (Å²) in [6.45, 7) is 4.39. The van der Waals surface area contributed by atoms with Crippen molar-refractivity contribution in [2.75, 3.05) is 0 Å². The van der Waals surface area contributed by atoms with E-state index < -0.39 is 0 Å². The van der Waals surface area contributed by atoms with Crippen LogP contribution in [0.15, 0.2) is 15.0 Å². The Bertz CT molecular complexity index is 491. The fraction of sp³-hybridized carbons (Fsp3) is 0.857. The number of nitrogens with zero attached hydrogens (tertiary/aromatic N) is 3. The summed E-state index contributed by atoms with van der Waals surface area (Å²) in [7, 11) is 0. The van der Waals surface area contributed by atoms with Crippen LogP contribution in [-0.4, -0.2) is 35.3 Å². The zero-order chi connectivity index (χ0) is 16.8. The molecule has 1 atom stereocenters. The van der Waals surface area contributed by atoms with Gasteiger partial charge in [-0.05, 0) is 58.8 Å². The van der Waals surface area contributed by atoms with Gasteiger partial charge in [0.05, 0.1) is 23.5 Å². The van der Waals surface area contributed by atoms with Crippen LogP contribution in [0.2, 0.25) is 0 Å². The van der Waals surface area contributed by atoms with Crippen LogP contribution in [0.4, 0.5) is 0 Å². The Labute approximate surface area is 148 Å². The van der Waals surface area contributed by atoms with E-state index in [2.05, 4.69) is 13.8 Å². The van der Waals surface area contributed by atoms with E-state index in [0.29, 0.717) is 18.1 Å². The van der Waals surface area contributed by atoms with Crippen LogP contribution >= 0.6 is 0 Å². The molecule has 0 radical (unpaired) electrons. The Morgan fingerprint density at radius 1 is 0.750 bits per heavy atom. The number of aliphatic imine (C=N–C) groups is 3. The number of hydrogen-bond donors (Lipinski definition) is 0. The highest BCUT2D eigenvalue weighted by Gasteiger charge is 2.21. The van der Waals surface area contributed by atoms with Gasteiger partial charge in [0.25, 0.3) is 0 Å². The Kier molecular flexibility index (Phi) is 6.62. The third-order valence-electron chi connectivity index (χ3n) is 6.01. The molecule has 0 aromatic rings. The minimum Gasteiger partial charge on any atom is -0.289 e. The lowest BCUT2D eigenvalue weighted by atomic mass is 9.94. The molecule has 134 valence electrons. The summed E-state index contributed by atoms with van der Waals surface area (Å²) in [5, 5.41) is 0. The second-order valence-corrected chi connectivity index (χ2v) is 8.05. The molecule has 0 saturated heterocycles. The van der Waals surface area contributed by atoms with Gasteiger partial charge in [0.1, 0.15) is 0 Å². The van der Waals surface area contributed by atoms with Crippen molar-refractivity contribution in [3.8, 4) is 0 Å². The summed E-state index contributed by atoms with van der Waals surface area (Å²) in [4.78, 5) is 15.1. The number of rotatable bonds is 4. The standard InChI is InChI=1S/C21H35N3/c1-16(22-18-10-5-3-6-11-18)20-14-9-15-21(24-20)17(2)23-19-12-7-4-8-13-19/h18-20H,3-15H2,1-2H3. The molecular weight excluding hydrogens is 294 g/mol. The van der Waals surface area contributed by atoms with Crippen LogP contribution < -0.4 is 0 Å². The van der Waals surface area contributed by atoms with Crippen molar-refractivity contribution in [1.82, 2.24) is 0 Å². The van der Waals surface area contributed by atoms with Crippen LogP contribution in [0, 0.1) is 0 Å². The fourth-order valence-corrected chi connectivity index (χ4v) is 4.50. The van der Waals surface area contributed by atoms with Gasteiger partial charge >= 0.3 is 0 Å². The first-order valence-corrected chi connectivity index (χ1v) is 10.4. The minimum atomic E-state index is 0.312. The third-order valence-corrected chi connectivity index (χ3v) is 6.01. The smallest absolute Gasteiger partial charge is 0.0877 e. The molecule has 1 aliphatic heterocycles. The molecule has 0 amide bonds. The molecule has 3 nitrogen and oxygen atoms in total. The van der Waals surface area contributed by atoms with Gasteiger partial charge in [-0.3, -0.25) is 15.0 Å². The van der Waals surface area contributed by atoms with E-state index in [1.807, 2.05) is 0 Å². The van der Waals surface area contributed by atoms with Crippen molar-refractivity contribution in [3.05, 3.63) is 0 Å². The Balaban J connectivity index is 1.65. The predicted octanol–water partition coefficient (Wildman–Crippen LogP) is 5.57. The summed E-state index contributed by atoms with van der Waals surface area (Å²) in [6.07, 6.45) is 16.8. The van der Waals surface area contributed by atoms with Gasteiger partial charge in [0.2, 0.25) is 0 Å². The average Bonchev–Trinajstić information content (AvgIpc) is 2.63. The van der Waals surface area contributed by atoms with E-state index in [0.717, 1.165) is 6.42 Å². The first-order valence-electron chi connectivity index (χ1n) is 10.4. The van der Waals surface area contributed by atoms with Crippen LogP contribution in [0.25, 0.3) is 0 Å². The molecule has 0 spiro atoms. The van der Waals surface area contributed by atoms with Crippen molar-refractivity contribution in [2.24, 2.45) is 15.0 Å². The molecule has 3 aliphatic rings. The van der Waals surface area contributed by atoms with Crippen molar-refractivity contribution in [2.45, 2.75) is 115 Å². The fourth-order valence-electron chi connectivity index (χ4n) is 4.50. The topological polar surface area (TPSA) is 37.1 Å². The summed E-state index contributed by atoms with van der Waals surface area (Å²) < 4.78 is 0. The summed E-state index contributed by atoms with van der Waals surface area (Å²) in [5.74, 6) is 0. The van der Waals surface area contributed by atoms with Gasteiger partial charge in [0, 0.05) is 11.8 Å². The lowest BCUT2D eigenvalue weighted by molar-refractivity contribution is 0.441. The molecule has 0 bridgehead atoms. The van der Waals surface area contributed by atoms with Gasteiger partial charge in [-0.1, -0.05) is 38.5 Å². The van der Waals surface area contributed by atoms with E-state index in [1.54, 1.807) is 0 Å². The minimum absolute atomic E-state index is 0.312. The zero-order valence-corrected chi connectivity index (χ0v) is 15.8. The highest BCUT2D eigenvalue weighted by Crippen LogP contribution is 2.24. The van der Waals surface area contributed by atoms with Gasteiger partial charge in [-0.2, -0.15) is 0 Å². The van der Waals surface area contributed by atoms with E-state index in [4.69, 9.17) is 15.0 Å². The molecule has 24 heavy (non-hydrogen) atoms. The van der Waals surface area contributed by atoms with Crippen LogP contribution in [-0.2, 0) is 0 Å². The first kappa shape index (κ1) is 17.8. The van der Waals surface area contributed by atoms with Gasteiger partial charge in [-0.15, -0.1) is 0 Å². The van der Waals surface area contributed by atoms with Crippen molar-refractivity contribution in [1.29, 1.82) is 0 Å². The molecule has 0 N–H and O–H groups in total. The second-order valence-electron chi connectivity index (χ2n) is 8.05. The Morgan fingerprint density at radius 3 is 1.96 bits per heavy atom. The van der Waals surface area contributed by atoms with Gasteiger partial charge in [-0.25, -0.2) is 0 Å². The third kappa shape index (κ3) is 5.00. The van der Waals surface area contributed by atoms with E-state index >= 15 is 0 Å². The lowest BCUT2D eigenvalue weighted by Gasteiger charge is -2.24. The predicted molar refractivity (Wildman–Crippen MR) is 105 cm³/mol. The molecule has 2 aliphatic carbocycles. The molecule has 3 heteroatoms. The van der Waals surface area contributed by atoms with E-state index in [-0.39, 0.29) is 0 Å². The molecule has 2 fully saturated rings. The first-order chi connectivity index (χ1) is 11.7. The van der Waals surface area contributed by atoms with Crippen LogP contribution in [0.5, 0.6) is 0 Å². The van der Waals surface area contributed by atoms with Crippen molar-refractivity contribution < 1.29 is 0 Å². The molecule has 0 aromatic heterocycles. The maximum absolute atomic E-state index is 5.07. The number of hydrogen-bond acceptors (Lipinski definition) is 3. The van der Waals surface area contributed by atoms with Crippen LogP contribution in [0.3, 0.4) is 0 Å². The van der Waals surface area contributed by atoms with Crippen molar-refractivity contribution in [3.63, 3.8) is 0 Å². The van der Waals surface area contributed by atoms with E-state index in [9.17, 15) is 0 Å². The monoisotopic (exact) mass is 329 g/mol. The van der Waals surface area contributed by atoms with Gasteiger partial charge in [0.15, 0.2) is 0 Å². The Morgan fingerprint density at radius 2 is 1.33 bits per heavy atom. The normalized spacial score (nSPS) is 28.8. The van der Waals surface area contributed by atoms with Gasteiger partial charge < -0.3 is 0 Å². The maximum atomic E-state index is 5.07. The summed E-state index contributed by atoms with van der Waals surface area (Å²) >= 11 is 0. The molecule has 1 heterocycles. The summed E-state index contributed by atoms with van der Waals surface area (Å²) in [6, 6.07) is 1.43. The van der Waals surface area contributed by atoms with Crippen molar-refractivity contribution >= 4 is 17.1 Å². The Hall–Kier alpha value is -0.990. The highest BCUT2D eigenvalue weighted by atomic mass is 14.9. The highest BCUT2D eigenvalue weighted by molar-refractivity contribution is 6.41. The molecular formula is C21H35N3. The second kappa shape index (κ2) is 8.92. The molecule has 0 aromatic carbocycles. The van der Waals surface area contributed by atoms with Crippen LogP contribution in [0.1, 0.15) is 97.3 Å². The maximum Gasteiger partial charge on any atom is 0.0877 e. The molecule has 3 rings (SSSR count). The summed E-state index contributed by atoms with van der Waals surface area (Å²) in [5.41, 5.74) is 3.73. The largest absolute Gasteiger partial charge is 0.289 e. The molecule has 1 unspecified atom stereocenters. The lowest BCUT2D eigenvalue weighted by Crippen LogP contribution is -2.28. The quantitative estimate of drug-likeness (QED) is 0.605. The zero-order valence-electron chi connectivity index (χ0n) is 15.8. The molecule has 2 saturated carbocycles.